The smallest absolute Gasteiger partial charge is 0.312 e. The van der Waals surface area contributed by atoms with Crippen LogP contribution in [0.1, 0.15) is 93.4 Å². The number of ketones is 1. The maximum absolute atomic E-state index is 13.4. The largest absolute Gasteiger partial charge is 0.469 e. The van der Waals surface area contributed by atoms with Crippen molar-refractivity contribution in [2.24, 2.45) is 56.7 Å². The number of Topliss-reactive ketones (excluding diaryl/α,β-unsaturated/α-hetero) is 1. The van der Waals surface area contributed by atoms with E-state index in [-0.39, 0.29) is 39.0 Å². The van der Waals surface area contributed by atoms with Crippen molar-refractivity contribution in [2.45, 2.75) is 93.4 Å². The van der Waals surface area contributed by atoms with Gasteiger partial charge >= 0.3 is 5.97 Å². The molecule has 194 valence electrons. The van der Waals surface area contributed by atoms with Gasteiger partial charge < -0.3 is 4.74 Å². The van der Waals surface area contributed by atoms with Crippen molar-refractivity contribution in [3.63, 3.8) is 0 Å². The standard InChI is InChI=1S/C31H45IO3/c1-18-11-14-31(26(34)35-8)16-15-29(6)20(24(31)19(18)2)9-10-23-28(5)17-21(32)25(33)27(3,4)22(28)12-13-30(23,29)7/h9,17-19,22-24H,10-16H2,1-8H3/t18-,19+,22?,23-,24+,28+,29-,30-,31+/m1/s1. The first-order valence-electron chi connectivity index (χ1n) is 13.9. The number of methoxy groups -OCH3 is 1. The Balaban J connectivity index is 1.65. The Kier molecular flexibility index (Phi) is 5.88. The predicted octanol–water partition coefficient (Wildman–Crippen LogP) is 7.92. The molecule has 0 spiro atoms. The molecule has 0 heterocycles. The molecule has 35 heavy (non-hydrogen) atoms. The summed E-state index contributed by atoms with van der Waals surface area (Å²) in [5.74, 6) is 2.61. The molecule has 0 aromatic heterocycles. The second-order valence-electron chi connectivity index (χ2n) is 14.2. The van der Waals surface area contributed by atoms with Crippen molar-refractivity contribution in [3.05, 3.63) is 21.3 Å². The zero-order valence-electron chi connectivity index (χ0n) is 23.1. The maximum atomic E-state index is 13.4. The Bertz CT molecular complexity index is 1020. The molecule has 0 aliphatic heterocycles. The van der Waals surface area contributed by atoms with Gasteiger partial charge in [-0.1, -0.05) is 66.2 Å². The first kappa shape index (κ1) is 26.0. The molecule has 9 atom stereocenters. The van der Waals surface area contributed by atoms with Crippen molar-refractivity contribution >= 4 is 34.3 Å². The van der Waals surface area contributed by atoms with Gasteiger partial charge in [0.05, 0.1) is 16.1 Å². The molecule has 3 fully saturated rings. The number of allylic oxidation sites excluding steroid dienone is 4. The fraction of sp³-hybridized carbons (Fsp3) is 0.806. The number of fused-ring (bicyclic) bond motifs is 7. The van der Waals surface area contributed by atoms with Gasteiger partial charge in [0.15, 0.2) is 5.78 Å². The summed E-state index contributed by atoms with van der Waals surface area (Å²) >= 11 is 2.30. The van der Waals surface area contributed by atoms with Crippen molar-refractivity contribution < 1.29 is 14.3 Å². The number of hydrogen-bond acceptors (Lipinski definition) is 3. The summed E-state index contributed by atoms with van der Waals surface area (Å²) in [7, 11) is 1.58. The Hall–Kier alpha value is -0.650. The van der Waals surface area contributed by atoms with E-state index in [1.54, 1.807) is 12.7 Å². The molecule has 5 aliphatic carbocycles. The third kappa shape index (κ3) is 3.07. The van der Waals surface area contributed by atoms with E-state index >= 15 is 0 Å². The first-order valence-corrected chi connectivity index (χ1v) is 15.0. The Morgan fingerprint density at radius 3 is 2.34 bits per heavy atom. The van der Waals surface area contributed by atoms with Gasteiger partial charge in [0, 0.05) is 5.41 Å². The van der Waals surface area contributed by atoms with E-state index in [9.17, 15) is 9.59 Å². The van der Waals surface area contributed by atoms with Gasteiger partial charge in [-0.25, -0.2) is 0 Å². The highest BCUT2D eigenvalue weighted by molar-refractivity contribution is 14.1. The van der Waals surface area contributed by atoms with Crippen LogP contribution < -0.4 is 0 Å². The highest BCUT2D eigenvalue weighted by Gasteiger charge is 2.69. The molecule has 0 amide bonds. The topological polar surface area (TPSA) is 43.4 Å². The SMILES string of the molecule is COC(=O)[C@]12CC[C@@H](C)[C@H](C)[C@H]1C1=CC[C@@H]3[C@@]4(C)C=C(I)C(=O)C(C)(C)C4CC[C@@]3(C)[C@]1(C)CC2. The third-order valence-electron chi connectivity index (χ3n) is 12.9. The lowest BCUT2D eigenvalue weighted by Gasteiger charge is -2.70. The minimum Gasteiger partial charge on any atom is -0.469 e. The molecule has 5 aliphatic rings. The lowest BCUT2D eigenvalue weighted by molar-refractivity contribution is -0.179. The molecule has 0 aromatic carbocycles. The molecule has 0 bridgehead atoms. The first-order chi connectivity index (χ1) is 16.2. The molecule has 0 aromatic rings. The number of carbonyl (C=O) groups excluding carboxylic acids is 2. The lowest BCUT2D eigenvalue weighted by Crippen LogP contribution is -2.64. The predicted molar refractivity (Wildman–Crippen MR) is 149 cm³/mol. The average Bonchev–Trinajstić information content (AvgIpc) is 2.79. The van der Waals surface area contributed by atoms with Gasteiger partial charge in [-0.2, -0.15) is 0 Å². The van der Waals surface area contributed by atoms with Crippen molar-refractivity contribution in [2.75, 3.05) is 7.11 Å². The number of ether oxygens (including phenoxy) is 1. The van der Waals surface area contributed by atoms with E-state index in [1.807, 2.05) is 0 Å². The number of halogens is 1. The van der Waals surface area contributed by atoms with Crippen LogP contribution in [-0.2, 0) is 14.3 Å². The zero-order chi connectivity index (χ0) is 25.8. The van der Waals surface area contributed by atoms with Gasteiger partial charge in [0.1, 0.15) is 0 Å². The maximum Gasteiger partial charge on any atom is 0.312 e. The lowest BCUT2D eigenvalue weighted by atomic mass is 9.34. The van der Waals surface area contributed by atoms with Crippen LogP contribution in [0.25, 0.3) is 0 Å². The van der Waals surface area contributed by atoms with Gasteiger partial charge in [-0.05, 0) is 113 Å². The summed E-state index contributed by atoms with van der Waals surface area (Å²) < 4.78 is 6.43. The second-order valence-corrected chi connectivity index (χ2v) is 15.4. The van der Waals surface area contributed by atoms with Gasteiger partial charge in [0.25, 0.3) is 0 Å². The molecule has 0 radical (unpaired) electrons. The average molecular weight is 593 g/mol. The minimum absolute atomic E-state index is 0.00826. The summed E-state index contributed by atoms with van der Waals surface area (Å²) in [5.41, 5.74) is 1.13. The molecule has 0 N–H and O–H groups in total. The van der Waals surface area contributed by atoms with Crippen LogP contribution in [-0.4, -0.2) is 18.9 Å². The number of rotatable bonds is 1. The molecule has 3 nitrogen and oxygen atoms in total. The second kappa shape index (κ2) is 7.93. The van der Waals surface area contributed by atoms with E-state index in [1.165, 1.54) is 0 Å². The molecule has 3 saturated carbocycles. The fourth-order valence-electron chi connectivity index (χ4n) is 10.5. The van der Waals surface area contributed by atoms with Crippen molar-refractivity contribution in [1.82, 2.24) is 0 Å². The van der Waals surface area contributed by atoms with Crippen LogP contribution in [0.5, 0.6) is 0 Å². The molecule has 1 unspecified atom stereocenters. The van der Waals surface area contributed by atoms with Crippen LogP contribution in [0.4, 0.5) is 0 Å². The van der Waals surface area contributed by atoms with Crippen LogP contribution in [0.15, 0.2) is 21.3 Å². The summed E-state index contributed by atoms with van der Waals surface area (Å²) in [4.78, 5) is 26.6. The van der Waals surface area contributed by atoms with E-state index in [4.69, 9.17) is 4.74 Å². The molecule has 4 heteroatoms. The molecule has 5 rings (SSSR count). The summed E-state index contributed by atoms with van der Waals surface area (Å²) in [5, 5.41) is 0. The van der Waals surface area contributed by atoms with Gasteiger partial charge in [-0.15, -0.1) is 0 Å². The summed E-state index contributed by atoms with van der Waals surface area (Å²) in [6, 6.07) is 0. The van der Waals surface area contributed by atoms with E-state index < -0.39 is 0 Å². The summed E-state index contributed by atoms with van der Waals surface area (Å²) in [6.45, 7) is 16.7. The van der Waals surface area contributed by atoms with E-state index in [0.717, 1.165) is 48.5 Å². The van der Waals surface area contributed by atoms with Crippen molar-refractivity contribution in [1.29, 1.82) is 0 Å². The monoisotopic (exact) mass is 592 g/mol. The Morgan fingerprint density at radius 1 is 1.00 bits per heavy atom. The van der Waals surface area contributed by atoms with Crippen LogP contribution in [0.2, 0.25) is 0 Å². The molecular formula is C31H45IO3. The van der Waals surface area contributed by atoms with Crippen molar-refractivity contribution in [3.8, 4) is 0 Å². The number of esters is 1. The number of hydrogen-bond donors (Lipinski definition) is 0. The third-order valence-corrected chi connectivity index (χ3v) is 13.7. The van der Waals surface area contributed by atoms with E-state index in [2.05, 4.69) is 83.2 Å². The molecular weight excluding hydrogens is 547 g/mol. The Morgan fingerprint density at radius 2 is 1.69 bits per heavy atom. The van der Waals surface area contributed by atoms with Crippen LogP contribution in [0.3, 0.4) is 0 Å². The van der Waals surface area contributed by atoms with Gasteiger partial charge in [0.2, 0.25) is 0 Å². The highest BCUT2D eigenvalue weighted by Crippen LogP contribution is 2.75. The normalized spacial score (nSPS) is 50.5. The van der Waals surface area contributed by atoms with Gasteiger partial charge in [-0.3, -0.25) is 9.59 Å². The van der Waals surface area contributed by atoms with Crippen LogP contribution in [0, 0.1) is 56.7 Å². The molecule has 0 saturated heterocycles. The number of carbonyl (C=O) groups is 2. The fourth-order valence-corrected chi connectivity index (χ4v) is 11.8. The minimum atomic E-state index is -0.356. The van der Waals surface area contributed by atoms with E-state index in [0.29, 0.717) is 29.5 Å². The quantitative estimate of drug-likeness (QED) is 0.177. The Labute approximate surface area is 226 Å². The highest BCUT2D eigenvalue weighted by atomic mass is 127. The summed E-state index contributed by atoms with van der Waals surface area (Å²) in [6.07, 6.45) is 12.3. The van der Waals surface area contributed by atoms with Crippen LogP contribution >= 0.6 is 22.6 Å². The zero-order valence-corrected chi connectivity index (χ0v) is 25.3.